The fourth-order valence-electron chi connectivity index (χ4n) is 7.04. The monoisotopic (exact) mass is 461 g/mol. The van der Waals surface area contributed by atoms with Crippen molar-refractivity contribution < 1.29 is 4.74 Å². The normalized spacial score (nSPS) is 31.3. The highest BCUT2D eigenvalue weighted by atomic mass is 16.5. The summed E-state index contributed by atoms with van der Waals surface area (Å²) < 4.78 is 5.82. The molecule has 2 heteroatoms. The Kier molecular flexibility index (Phi) is 14.7. The molecule has 3 aliphatic rings. The minimum Gasteiger partial charge on any atom is -0.498 e. The zero-order valence-electron chi connectivity index (χ0n) is 23.7. The molecule has 0 amide bonds. The van der Waals surface area contributed by atoms with Crippen LogP contribution in [0.25, 0.3) is 0 Å². The van der Waals surface area contributed by atoms with Crippen molar-refractivity contribution in [1.82, 2.24) is 0 Å². The van der Waals surface area contributed by atoms with E-state index in [9.17, 15) is 0 Å². The van der Waals surface area contributed by atoms with Crippen molar-refractivity contribution in [2.24, 2.45) is 40.7 Å². The van der Waals surface area contributed by atoms with E-state index in [0.717, 1.165) is 55.6 Å². The van der Waals surface area contributed by atoms with Gasteiger partial charge in [0.1, 0.15) is 0 Å². The lowest BCUT2D eigenvalue weighted by molar-refractivity contribution is 0.0350. The van der Waals surface area contributed by atoms with Crippen molar-refractivity contribution in [3.8, 4) is 0 Å². The van der Waals surface area contributed by atoms with Crippen molar-refractivity contribution in [2.75, 3.05) is 13.2 Å². The Hall–Kier alpha value is -0.760. The molecule has 0 heterocycles. The van der Waals surface area contributed by atoms with Gasteiger partial charge in [0.05, 0.1) is 12.4 Å². The van der Waals surface area contributed by atoms with Gasteiger partial charge >= 0.3 is 0 Å². The van der Waals surface area contributed by atoms with E-state index in [2.05, 4.69) is 39.8 Å². The van der Waals surface area contributed by atoms with Crippen LogP contribution in [0.1, 0.15) is 126 Å². The quantitative estimate of drug-likeness (QED) is 0.189. The molecule has 3 rings (SSSR count). The first-order chi connectivity index (χ1) is 16.1. The van der Waals surface area contributed by atoms with Crippen LogP contribution < -0.4 is 5.73 Å². The summed E-state index contributed by atoms with van der Waals surface area (Å²) in [5, 5.41) is 0. The standard InChI is InChI=1S/C27H47NO.2C2H6/c1-5-16-29-24(6-2)12-8-7-10-20(3)17-22-18-26-25(21(22)4)14-13-23-11-9-15-27(23,26)19-28;2*1-2/h6,18,20-21,23,25-26H,5,7-17,19,28H2,1-4H3;2*1-2H3/b24-6+;;. The molecule has 2 fully saturated rings. The molecule has 6 atom stereocenters. The van der Waals surface area contributed by atoms with E-state index in [4.69, 9.17) is 10.5 Å². The van der Waals surface area contributed by atoms with Crippen molar-refractivity contribution in [3.63, 3.8) is 0 Å². The van der Waals surface area contributed by atoms with Crippen LogP contribution in [0, 0.1) is 35.0 Å². The topological polar surface area (TPSA) is 35.2 Å². The Morgan fingerprint density at radius 3 is 2.55 bits per heavy atom. The number of nitrogens with two attached hydrogens (primary N) is 1. The molecule has 0 spiro atoms. The molecule has 2 N–H and O–H groups in total. The highest BCUT2D eigenvalue weighted by Crippen LogP contribution is 2.61. The van der Waals surface area contributed by atoms with Crippen LogP contribution in [0.2, 0.25) is 0 Å². The van der Waals surface area contributed by atoms with Gasteiger partial charge < -0.3 is 10.5 Å². The summed E-state index contributed by atoms with van der Waals surface area (Å²) in [6.07, 6.45) is 19.4. The molecule has 3 aliphatic carbocycles. The summed E-state index contributed by atoms with van der Waals surface area (Å²) in [5.74, 6) is 5.33. The maximum atomic E-state index is 6.43. The highest BCUT2D eigenvalue weighted by Gasteiger charge is 2.55. The second-order valence-corrected chi connectivity index (χ2v) is 10.5. The van der Waals surface area contributed by atoms with E-state index >= 15 is 0 Å². The maximum absolute atomic E-state index is 6.43. The second-order valence-electron chi connectivity index (χ2n) is 10.5. The van der Waals surface area contributed by atoms with Crippen molar-refractivity contribution in [3.05, 3.63) is 23.5 Å². The smallest absolute Gasteiger partial charge is 0.0917 e. The third kappa shape index (κ3) is 7.61. The van der Waals surface area contributed by atoms with E-state index in [-0.39, 0.29) is 0 Å². The third-order valence-electron chi connectivity index (χ3n) is 8.75. The van der Waals surface area contributed by atoms with Crippen LogP contribution in [0.15, 0.2) is 23.5 Å². The van der Waals surface area contributed by atoms with Crippen LogP contribution in [0.5, 0.6) is 0 Å². The fraction of sp³-hybridized carbons (Fsp3) is 0.871. The van der Waals surface area contributed by atoms with E-state index in [1.54, 1.807) is 5.57 Å². The first-order valence-corrected chi connectivity index (χ1v) is 14.7. The molecule has 194 valence electrons. The van der Waals surface area contributed by atoms with Gasteiger partial charge in [-0.3, -0.25) is 0 Å². The van der Waals surface area contributed by atoms with Gasteiger partial charge in [-0.15, -0.1) is 0 Å². The van der Waals surface area contributed by atoms with E-state index in [0.29, 0.717) is 5.41 Å². The Morgan fingerprint density at radius 1 is 1.18 bits per heavy atom. The van der Waals surface area contributed by atoms with Gasteiger partial charge in [0.2, 0.25) is 0 Å². The van der Waals surface area contributed by atoms with Gasteiger partial charge in [0.15, 0.2) is 0 Å². The van der Waals surface area contributed by atoms with Crippen LogP contribution in [0.4, 0.5) is 0 Å². The fourth-order valence-corrected chi connectivity index (χ4v) is 7.04. The Bertz CT molecular complexity index is 579. The summed E-state index contributed by atoms with van der Waals surface area (Å²) in [6.45, 7) is 19.0. The second kappa shape index (κ2) is 16.0. The molecule has 6 unspecified atom stereocenters. The summed E-state index contributed by atoms with van der Waals surface area (Å²) in [5.41, 5.74) is 8.65. The van der Waals surface area contributed by atoms with Crippen molar-refractivity contribution in [2.45, 2.75) is 126 Å². The molecular weight excluding hydrogens is 402 g/mol. The zero-order valence-corrected chi connectivity index (χ0v) is 23.7. The van der Waals surface area contributed by atoms with Gasteiger partial charge in [0.25, 0.3) is 0 Å². The molecular formula is C31H59NO. The molecule has 0 aromatic rings. The highest BCUT2D eigenvalue weighted by molar-refractivity contribution is 5.24. The molecule has 0 bridgehead atoms. The molecule has 0 radical (unpaired) electrons. The molecule has 0 aromatic heterocycles. The summed E-state index contributed by atoms with van der Waals surface area (Å²) in [7, 11) is 0. The molecule has 0 aliphatic heterocycles. The Balaban J connectivity index is 0.00000129. The first kappa shape index (κ1) is 30.3. The van der Waals surface area contributed by atoms with Gasteiger partial charge in [-0.1, -0.05) is 79.4 Å². The van der Waals surface area contributed by atoms with Crippen molar-refractivity contribution in [1.29, 1.82) is 0 Å². The number of rotatable bonds is 11. The van der Waals surface area contributed by atoms with Crippen LogP contribution in [-0.2, 0) is 4.74 Å². The number of hydrogen-bond donors (Lipinski definition) is 1. The van der Waals surface area contributed by atoms with Gasteiger partial charge in [-0.25, -0.2) is 0 Å². The molecule has 0 aromatic carbocycles. The lowest BCUT2D eigenvalue weighted by Gasteiger charge is -2.48. The molecule has 0 saturated heterocycles. The van der Waals surface area contributed by atoms with Crippen LogP contribution in [0.3, 0.4) is 0 Å². The average molecular weight is 462 g/mol. The lowest BCUT2D eigenvalue weighted by Crippen LogP contribution is -2.46. The van der Waals surface area contributed by atoms with E-state index in [1.807, 2.05) is 27.7 Å². The summed E-state index contributed by atoms with van der Waals surface area (Å²) in [4.78, 5) is 0. The Labute approximate surface area is 208 Å². The molecule has 2 saturated carbocycles. The number of unbranched alkanes of at least 4 members (excludes halogenated alkanes) is 1. The number of hydrogen-bond acceptors (Lipinski definition) is 2. The minimum atomic E-state index is 0.448. The first-order valence-electron chi connectivity index (χ1n) is 14.7. The van der Waals surface area contributed by atoms with Gasteiger partial charge in [-0.05, 0) is 99.5 Å². The predicted octanol–water partition coefficient (Wildman–Crippen LogP) is 9.30. The van der Waals surface area contributed by atoms with E-state index in [1.165, 1.54) is 63.5 Å². The van der Waals surface area contributed by atoms with Gasteiger partial charge in [0, 0.05) is 6.42 Å². The van der Waals surface area contributed by atoms with E-state index < -0.39 is 0 Å². The average Bonchev–Trinajstić information content (AvgIpc) is 3.43. The number of ether oxygens (including phenoxy) is 1. The largest absolute Gasteiger partial charge is 0.498 e. The van der Waals surface area contributed by atoms with Gasteiger partial charge in [-0.2, -0.15) is 0 Å². The predicted molar refractivity (Wildman–Crippen MR) is 147 cm³/mol. The SMILES string of the molecule is C/C=C(\CCCCC(C)CC1=CC2C(CCC3CCCC32CN)C1C)OCCC.CC.CC. The summed E-state index contributed by atoms with van der Waals surface area (Å²) in [6, 6.07) is 0. The van der Waals surface area contributed by atoms with Crippen molar-refractivity contribution >= 4 is 0 Å². The van der Waals surface area contributed by atoms with Crippen LogP contribution >= 0.6 is 0 Å². The third-order valence-corrected chi connectivity index (χ3v) is 8.75. The minimum absolute atomic E-state index is 0.448. The lowest BCUT2D eigenvalue weighted by atomic mass is 9.57. The maximum Gasteiger partial charge on any atom is 0.0917 e. The van der Waals surface area contributed by atoms with Crippen LogP contribution in [-0.4, -0.2) is 13.2 Å². The summed E-state index contributed by atoms with van der Waals surface area (Å²) >= 11 is 0. The molecule has 2 nitrogen and oxygen atoms in total. The number of fused-ring (bicyclic) bond motifs is 3. The zero-order chi connectivity index (χ0) is 24.9. The Morgan fingerprint density at radius 2 is 1.91 bits per heavy atom. The molecule has 33 heavy (non-hydrogen) atoms. The number of allylic oxidation sites excluding steroid dienone is 4.